The largest absolute Gasteiger partial charge is 0.376 e. The highest BCUT2D eigenvalue weighted by atomic mass is 35.5. The summed E-state index contributed by atoms with van der Waals surface area (Å²) in [6.07, 6.45) is 1.40. The fraction of sp³-hybridized carbons (Fsp3) is 0.769. The van der Waals surface area contributed by atoms with Crippen LogP contribution in [0.1, 0.15) is 31.5 Å². The maximum absolute atomic E-state index is 6.30. The monoisotopic (exact) mass is 271 g/mol. The van der Waals surface area contributed by atoms with Crippen LogP contribution in [-0.4, -0.2) is 40.0 Å². The van der Waals surface area contributed by atoms with Gasteiger partial charge < -0.3 is 4.74 Å². The van der Waals surface area contributed by atoms with Gasteiger partial charge in [0.15, 0.2) is 0 Å². The quantitative estimate of drug-likeness (QED) is 0.846. The van der Waals surface area contributed by atoms with Crippen molar-refractivity contribution in [2.45, 2.75) is 45.9 Å². The Bertz CT molecular complexity index is 419. The summed E-state index contributed by atoms with van der Waals surface area (Å²) in [6.45, 7) is 8.99. The summed E-state index contributed by atoms with van der Waals surface area (Å²) in [6, 6.07) is 0.483. The third-order valence-corrected chi connectivity index (χ3v) is 4.16. The minimum Gasteiger partial charge on any atom is -0.376 e. The molecule has 102 valence electrons. The first-order valence-electron chi connectivity index (χ1n) is 6.56. The first-order valence-corrected chi connectivity index (χ1v) is 6.94. The third-order valence-electron chi connectivity index (χ3n) is 3.68. The van der Waals surface area contributed by atoms with E-state index in [1.165, 1.54) is 0 Å². The number of ether oxygens (including phenoxy) is 1. The van der Waals surface area contributed by atoms with Gasteiger partial charge in [-0.05, 0) is 20.3 Å². The van der Waals surface area contributed by atoms with Crippen LogP contribution in [0.4, 0.5) is 0 Å². The number of halogens is 1. The maximum atomic E-state index is 6.30. The average Bonchev–Trinajstić information content (AvgIpc) is 2.56. The SMILES string of the molecule is CCC1COC(C)CN1Cc1c(C)nn(C)c1Cl. The van der Waals surface area contributed by atoms with E-state index in [2.05, 4.69) is 23.8 Å². The van der Waals surface area contributed by atoms with Gasteiger partial charge in [-0.25, -0.2) is 0 Å². The van der Waals surface area contributed by atoms with Gasteiger partial charge in [0.05, 0.1) is 18.4 Å². The molecular weight excluding hydrogens is 250 g/mol. The number of rotatable bonds is 3. The van der Waals surface area contributed by atoms with Crippen LogP contribution in [0.15, 0.2) is 0 Å². The zero-order valence-corrected chi connectivity index (χ0v) is 12.4. The van der Waals surface area contributed by atoms with E-state index in [0.717, 1.165) is 42.5 Å². The van der Waals surface area contributed by atoms with Crippen LogP contribution in [0.5, 0.6) is 0 Å². The van der Waals surface area contributed by atoms with Crippen LogP contribution in [-0.2, 0) is 18.3 Å². The highest BCUT2D eigenvalue weighted by molar-refractivity contribution is 6.30. The van der Waals surface area contributed by atoms with E-state index in [1.54, 1.807) is 4.68 Å². The fourth-order valence-electron chi connectivity index (χ4n) is 2.54. The first-order chi connectivity index (χ1) is 8.52. The number of nitrogens with zero attached hydrogens (tertiary/aromatic N) is 3. The minimum absolute atomic E-state index is 0.295. The van der Waals surface area contributed by atoms with E-state index >= 15 is 0 Å². The van der Waals surface area contributed by atoms with Gasteiger partial charge in [0.25, 0.3) is 0 Å². The summed E-state index contributed by atoms with van der Waals surface area (Å²) in [5, 5.41) is 5.12. The van der Waals surface area contributed by atoms with Gasteiger partial charge in [-0.2, -0.15) is 5.10 Å². The van der Waals surface area contributed by atoms with E-state index in [9.17, 15) is 0 Å². The van der Waals surface area contributed by atoms with E-state index in [-0.39, 0.29) is 0 Å². The summed E-state index contributed by atoms with van der Waals surface area (Å²) in [4.78, 5) is 2.46. The molecule has 1 saturated heterocycles. The van der Waals surface area contributed by atoms with Gasteiger partial charge in [-0.1, -0.05) is 18.5 Å². The Kier molecular flexibility index (Phi) is 4.30. The molecule has 0 amide bonds. The predicted molar refractivity (Wildman–Crippen MR) is 72.9 cm³/mol. The number of aryl methyl sites for hydroxylation is 2. The Hall–Kier alpha value is -0.580. The second-order valence-electron chi connectivity index (χ2n) is 5.11. The zero-order chi connectivity index (χ0) is 13.3. The van der Waals surface area contributed by atoms with Gasteiger partial charge in [0.2, 0.25) is 0 Å². The molecule has 1 fully saturated rings. The molecule has 0 radical (unpaired) electrons. The topological polar surface area (TPSA) is 30.3 Å². The average molecular weight is 272 g/mol. The van der Waals surface area contributed by atoms with E-state index in [0.29, 0.717) is 12.1 Å². The minimum atomic E-state index is 0.295. The number of morpholine rings is 1. The van der Waals surface area contributed by atoms with Gasteiger partial charge >= 0.3 is 0 Å². The Morgan fingerprint density at radius 1 is 1.50 bits per heavy atom. The molecular formula is C13H22ClN3O. The Labute approximate surface area is 114 Å². The summed E-state index contributed by atoms with van der Waals surface area (Å²) < 4.78 is 7.47. The molecule has 1 aromatic heterocycles. The van der Waals surface area contributed by atoms with Crippen molar-refractivity contribution in [3.05, 3.63) is 16.4 Å². The lowest BCUT2D eigenvalue weighted by Gasteiger charge is -2.38. The van der Waals surface area contributed by atoms with Gasteiger partial charge in [-0.15, -0.1) is 0 Å². The normalized spacial score (nSPS) is 25.6. The molecule has 0 saturated carbocycles. The number of aromatic nitrogens is 2. The molecule has 0 aromatic carbocycles. The summed E-state index contributed by atoms with van der Waals surface area (Å²) >= 11 is 6.30. The molecule has 5 heteroatoms. The molecule has 1 aliphatic rings. The number of hydrogen-bond donors (Lipinski definition) is 0. The summed E-state index contributed by atoms with van der Waals surface area (Å²) in [7, 11) is 1.89. The van der Waals surface area contributed by atoms with Crippen molar-refractivity contribution in [2.75, 3.05) is 13.2 Å². The standard InChI is InChI=1S/C13H22ClN3O/c1-5-11-8-18-9(2)6-17(11)7-12-10(3)15-16(4)13(12)14/h9,11H,5-8H2,1-4H3. The third kappa shape index (κ3) is 2.71. The molecule has 0 aliphatic carbocycles. The molecule has 0 spiro atoms. The van der Waals surface area contributed by atoms with Crippen LogP contribution >= 0.6 is 11.6 Å². The van der Waals surface area contributed by atoms with Crippen LogP contribution in [0.2, 0.25) is 5.15 Å². The first kappa shape index (κ1) is 13.8. The second-order valence-corrected chi connectivity index (χ2v) is 5.47. The van der Waals surface area contributed by atoms with Crippen LogP contribution in [0.25, 0.3) is 0 Å². The molecule has 1 aromatic rings. The molecule has 0 bridgehead atoms. The summed E-state index contributed by atoms with van der Waals surface area (Å²) in [5.41, 5.74) is 2.17. The Morgan fingerprint density at radius 2 is 2.22 bits per heavy atom. The van der Waals surface area contributed by atoms with E-state index < -0.39 is 0 Å². The van der Waals surface area contributed by atoms with Crippen molar-refractivity contribution in [3.8, 4) is 0 Å². The second kappa shape index (κ2) is 5.59. The van der Waals surface area contributed by atoms with Gasteiger partial charge in [0, 0.05) is 31.7 Å². The molecule has 0 N–H and O–H groups in total. The highest BCUT2D eigenvalue weighted by Crippen LogP contribution is 2.24. The van der Waals surface area contributed by atoms with Crippen molar-refractivity contribution < 1.29 is 4.74 Å². The molecule has 2 rings (SSSR count). The van der Waals surface area contributed by atoms with E-state index in [1.807, 2.05) is 14.0 Å². The lowest BCUT2D eigenvalue weighted by molar-refractivity contribution is -0.0592. The van der Waals surface area contributed by atoms with Crippen LogP contribution in [0, 0.1) is 6.92 Å². The van der Waals surface area contributed by atoms with Crippen LogP contribution in [0.3, 0.4) is 0 Å². The van der Waals surface area contributed by atoms with Crippen molar-refractivity contribution >= 4 is 11.6 Å². The Morgan fingerprint density at radius 3 is 2.78 bits per heavy atom. The predicted octanol–water partition coefficient (Wildman–Crippen LogP) is 2.38. The highest BCUT2D eigenvalue weighted by Gasteiger charge is 2.27. The molecule has 2 unspecified atom stereocenters. The molecule has 2 heterocycles. The smallest absolute Gasteiger partial charge is 0.131 e. The van der Waals surface area contributed by atoms with Gasteiger partial charge in [0.1, 0.15) is 5.15 Å². The van der Waals surface area contributed by atoms with Crippen molar-refractivity contribution in [3.63, 3.8) is 0 Å². The lowest BCUT2D eigenvalue weighted by atomic mass is 10.1. The molecule has 4 nitrogen and oxygen atoms in total. The zero-order valence-electron chi connectivity index (χ0n) is 11.6. The fourth-order valence-corrected chi connectivity index (χ4v) is 2.77. The van der Waals surface area contributed by atoms with Crippen molar-refractivity contribution in [1.29, 1.82) is 0 Å². The van der Waals surface area contributed by atoms with Crippen molar-refractivity contribution in [1.82, 2.24) is 14.7 Å². The van der Waals surface area contributed by atoms with Crippen molar-refractivity contribution in [2.24, 2.45) is 7.05 Å². The van der Waals surface area contributed by atoms with Crippen LogP contribution < -0.4 is 0 Å². The molecule has 2 atom stereocenters. The maximum Gasteiger partial charge on any atom is 0.131 e. The van der Waals surface area contributed by atoms with Gasteiger partial charge in [-0.3, -0.25) is 9.58 Å². The Balaban J connectivity index is 2.15. The molecule has 18 heavy (non-hydrogen) atoms. The summed E-state index contributed by atoms with van der Waals surface area (Å²) in [5.74, 6) is 0. The van der Waals surface area contributed by atoms with E-state index in [4.69, 9.17) is 16.3 Å². The molecule has 1 aliphatic heterocycles. The number of hydrogen-bond acceptors (Lipinski definition) is 3. The lowest BCUT2D eigenvalue weighted by Crippen LogP contribution is -2.47.